The fourth-order valence-electron chi connectivity index (χ4n) is 3.95. The van der Waals surface area contributed by atoms with Gasteiger partial charge in [0, 0.05) is 17.7 Å². The Morgan fingerprint density at radius 1 is 1.03 bits per heavy atom. The number of rotatable bonds is 10. The second kappa shape index (κ2) is 11.5. The summed E-state index contributed by atoms with van der Waals surface area (Å²) in [6.07, 6.45) is 7.79. The molecule has 7 heteroatoms. The highest BCUT2D eigenvalue weighted by Gasteiger charge is 2.39. The van der Waals surface area contributed by atoms with Crippen molar-refractivity contribution in [1.29, 1.82) is 0 Å². The molecule has 0 aromatic heterocycles. The number of aliphatic hydroxyl groups is 1. The molecule has 0 spiro atoms. The first-order valence-electron chi connectivity index (χ1n) is 11.5. The first kappa shape index (κ1) is 24.3. The molecule has 6 nitrogen and oxygen atoms in total. The molecule has 176 valence electrons. The van der Waals surface area contributed by atoms with E-state index in [-0.39, 0.29) is 22.6 Å². The van der Waals surface area contributed by atoms with Gasteiger partial charge in [-0.05, 0) is 48.9 Å². The second-order valence-electron chi connectivity index (χ2n) is 8.15. The van der Waals surface area contributed by atoms with E-state index >= 15 is 0 Å². The lowest BCUT2D eigenvalue weighted by molar-refractivity contribution is -0.112. The van der Waals surface area contributed by atoms with Crippen LogP contribution in [0.15, 0.2) is 48.2 Å². The molecule has 2 aromatic rings. The number of hydrogen-bond donors (Lipinski definition) is 2. The first-order valence-corrected chi connectivity index (χ1v) is 11.5. The van der Waals surface area contributed by atoms with Gasteiger partial charge in [0.15, 0.2) is 0 Å². The van der Waals surface area contributed by atoms with Gasteiger partial charge in [0.1, 0.15) is 17.3 Å². The van der Waals surface area contributed by atoms with Gasteiger partial charge >= 0.3 is 6.03 Å². The molecule has 1 heterocycles. The van der Waals surface area contributed by atoms with Crippen LogP contribution in [0.4, 0.5) is 20.6 Å². The van der Waals surface area contributed by atoms with E-state index in [9.17, 15) is 19.1 Å². The number of carbonyl (C=O) groups is 2. The molecule has 0 bridgehead atoms. The first-order chi connectivity index (χ1) is 16.0. The largest absolute Gasteiger partial charge is 0.511 e. The smallest absolute Gasteiger partial charge is 0.333 e. The topological polar surface area (TPSA) is 78.9 Å². The van der Waals surface area contributed by atoms with Gasteiger partial charge in [-0.25, -0.2) is 14.1 Å². The summed E-state index contributed by atoms with van der Waals surface area (Å²) in [5.74, 6) is -0.686. The van der Waals surface area contributed by atoms with Gasteiger partial charge < -0.3 is 15.2 Å². The average Bonchev–Trinajstić information content (AvgIpc) is 3.09. The lowest BCUT2D eigenvalue weighted by atomic mass is 10.0. The maximum atomic E-state index is 14.0. The van der Waals surface area contributed by atoms with E-state index in [1.807, 2.05) is 0 Å². The number of nitrogens with zero attached hydrogens (tertiary/aromatic N) is 1. The number of halogens is 1. The summed E-state index contributed by atoms with van der Waals surface area (Å²) >= 11 is 0. The number of nitrogens with one attached hydrogen (secondary N) is 1. The molecule has 0 fully saturated rings. The minimum absolute atomic E-state index is 0.0136. The third-order valence-corrected chi connectivity index (χ3v) is 5.74. The van der Waals surface area contributed by atoms with Crippen LogP contribution in [0.5, 0.6) is 5.75 Å². The number of urea groups is 1. The number of aliphatic hydroxyl groups excluding tert-OH is 1. The lowest BCUT2D eigenvalue weighted by Crippen LogP contribution is -2.37. The molecule has 0 atom stereocenters. The Hall–Kier alpha value is -3.35. The summed E-state index contributed by atoms with van der Waals surface area (Å²) in [7, 11) is 1.54. The number of benzene rings is 2. The molecule has 1 aliphatic rings. The van der Waals surface area contributed by atoms with Crippen molar-refractivity contribution >= 4 is 28.9 Å². The highest BCUT2D eigenvalue weighted by Crippen LogP contribution is 2.39. The molecule has 0 unspecified atom stereocenters. The maximum Gasteiger partial charge on any atom is 0.333 e. The number of ether oxygens (including phenoxy) is 1. The molecule has 0 saturated heterocycles. The summed E-state index contributed by atoms with van der Waals surface area (Å²) in [5, 5.41) is 13.4. The van der Waals surface area contributed by atoms with E-state index in [4.69, 9.17) is 4.74 Å². The van der Waals surface area contributed by atoms with Gasteiger partial charge in [-0.3, -0.25) is 4.79 Å². The van der Waals surface area contributed by atoms with Crippen LogP contribution in [0, 0.1) is 5.82 Å². The van der Waals surface area contributed by atoms with Crippen LogP contribution in [0.25, 0.3) is 5.57 Å². The highest BCUT2D eigenvalue weighted by molar-refractivity contribution is 6.41. The molecule has 0 radical (unpaired) electrons. The SMILES string of the molecule is CCCCCCCCCC(O)=C1C(=O)N(C(=O)Nc2ccc(OC)cc2)c2ccc(F)cc21. The van der Waals surface area contributed by atoms with Crippen molar-refractivity contribution in [1.82, 2.24) is 0 Å². The summed E-state index contributed by atoms with van der Waals surface area (Å²) < 4.78 is 19.1. The Balaban J connectivity index is 1.75. The fourth-order valence-corrected chi connectivity index (χ4v) is 3.95. The van der Waals surface area contributed by atoms with Crippen molar-refractivity contribution in [2.45, 2.75) is 58.3 Å². The zero-order chi connectivity index (χ0) is 23.8. The monoisotopic (exact) mass is 454 g/mol. The molecule has 0 saturated carbocycles. The molecule has 1 aliphatic heterocycles. The van der Waals surface area contributed by atoms with E-state index in [1.165, 1.54) is 37.5 Å². The van der Waals surface area contributed by atoms with Crippen molar-refractivity contribution in [2.75, 3.05) is 17.3 Å². The number of imide groups is 1. The second-order valence-corrected chi connectivity index (χ2v) is 8.15. The molecular weight excluding hydrogens is 423 g/mol. The minimum atomic E-state index is -0.684. The summed E-state index contributed by atoms with van der Waals surface area (Å²) in [4.78, 5) is 27.0. The molecule has 3 amide bonds. The van der Waals surface area contributed by atoms with E-state index < -0.39 is 17.8 Å². The number of fused-ring (bicyclic) bond motifs is 1. The van der Waals surface area contributed by atoms with Crippen LogP contribution in [-0.4, -0.2) is 24.2 Å². The predicted molar refractivity (Wildman–Crippen MR) is 128 cm³/mol. The van der Waals surface area contributed by atoms with Gasteiger partial charge in [0.25, 0.3) is 5.91 Å². The third-order valence-electron chi connectivity index (χ3n) is 5.74. The minimum Gasteiger partial charge on any atom is -0.511 e. The number of hydrogen-bond acceptors (Lipinski definition) is 4. The van der Waals surface area contributed by atoms with Crippen molar-refractivity contribution in [3.8, 4) is 5.75 Å². The molecule has 0 aliphatic carbocycles. The molecule has 2 aromatic carbocycles. The van der Waals surface area contributed by atoms with Crippen LogP contribution in [0.3, 0.4) is 0 Å². The Labute approximate surface area is 194 Å². The summed E-state index contributed by atoms with van der Waals surface area (Å²) in [5.41, 5.74) is 0.932. The standard InChI is InChI=1S/C26H31FN2O4/c1-3-4-5-6-7-8-9-10-23(30)24-21-17-18(27)11-16-22(21)29(25(24)31)26(32)28-19-12-14-20(33-2)15-13-19/h11-17,30H,3-10H2,1-2H3,(H,28,32). The molecule has 33 heavy (non-hydrogen) atoms. The van der Waals surface area contributed by atoms with Gasteiger partial charge in [0.05, 0.1) is 18.4 Å². The number of anilines is 2. The number of carbonyl (C=O) groups excluding carboxylic acids is 2. The molecule has 2 N–H and O–H groups in total. The molecule has 3 rings (SSSR count). The van der Waals surface area contributed by atoms with Gasteiger partial charge in [0.2, 0.25) is 0 Å². The maximum absolute atomic E-state index is 14.0. The molecular formula is C26H31FN2O4. The zero-order valence-corrected chi connectivity index (χ0v) is 19.2. The number of methoxy groups -OCH3 is 1. The van der Waals surface area contributed by atoms with E-state index in [2.05, 4.69) is 12.2 Å². The van der Waals surface area contributed by atoms with Gasteiger partial charge in [-0.15, -0.1) is 0 Å². The fraction of sp³-hybridized carbons (Fsp3) is 0.385. The van der Waals surface area contributed by atoms with Crippen molar-refractivity contribution in [2.24, 2.45) is 0 Å². The van der Waals surface area contributed by atoms with Crippen LogP contribution in [0.2, 0.25) is 0 Å². The lowest BCUT2D eigenvalue weighted by Gasteiger charge is -2.16. The van der Waals surface area contributed by atoms with Gasteiger partial charge in [-0.1, -0.05) is 45.4 Å². The van der Waals surface area contributed by atoms with E-state index in [0.29, 0.717) is 17.9 Å². The number of allylic oxidation sites excluding steroid dienone is 1. The third kappa shape index (κ3) is 5.92. The number of unbranched alkanes of at least 4 members (excludes halogenated alkanes) is 6. The average molecular weight is 455 g/mol. The van der Waals surface area contributed by atoms with Crippen molar-refractivity contribution in [3.63, 3.8) is 0 Å². The summed E-state index contributed by atoms with van der Waals surface area (Å²) in [6.45, 7) is 2.17. The van der Waals surface area contributed by atoms with Crippen molar-refractivity contribution in [3.05, 3.63) is 59.6 Å². The van der Waals surface area contributed by atoms with Crippen LogP contribution < -0.4 is 15.0 Å². The Kier molecular flexibility index (Phi) is 8.46. The van der Waals surface area contributed by atoms with E-state index in [0.717, 1.165) is 30.6 Å². The Morgan fingerprint density at radius 2 is 1.70 bits per heavy atom. The Bertz CT molecular complexity index is 1020. The summed E-state index contributed by atoms with van der Waals surface area (Å²) in [6, 6.07) is 9.74. The Morgan fingerprint density at radius 3 is 2.36 bits per heavy atom. The van der Waals surface area contributed by atoms with E-state index in [1.54, 1.807) is 31.4 Å². The number of amides is 3. The van der Waals surface area contributed by atoms with Crippen LogP contribution in [-0.2, 0) is 4.79 Å². The van der Waals surface area contributed by atoms with Crippen LogP contribution in [0.1, 0.15) is 63.9 Å². The zero-order valence-electron chi connectivity index (χ0n) is 19.2. The highest BCUT2D eigenvalue weighted by atomic mass is 19.1. The predicted octanol–water partition coefficient (Wildman–Crippen LogP) is 6.82. The quantitative estimate of drug-likeness (QED) is 0.234. The normalized spacial score (nSPS) is 14.3. The van der Waals surface area contributed by atoms with Crippen LogP contribution >= 0.6 is 0 Å². The van der Waals surface area contributed by atoms with Gasteiger partial charge in [-0.2, -0.15) is 0 Å². The van der Waals surface area contributed by atoms with Crippen molar-refractivity contribution < 1.29 is 23.8 Å².